The van der Waals surface area contributed by atoms with E-state index in [-0.39, 0.29) is 25.9 Å². The molecular formula is C24H24F4N4O4. The number of nitrogens with zero attached hydrogens (tertiary/aromatic N) is 4. The normalized spacial score (nSPS) is 25.4. The van der Waals surface area contributed by atoms with Crippen LogP contribution in [-0.2, 0) is 17.6 Å². The van der Waals surface area contributed by atoms with Crippen molar-refractivity contribution in [1.29, 1.82) is 0 Å². The molecular weight excluding hydrogens is 484 g/mol. The third-order valence-electron chi connectivity index (χ3n) is 7.49. The Bertz CT molecular complexity index is 1220. The zero-order chi connectivity index (χ0) is 25.8. The number of aliphatic hydroxyl groups is 3. The van der Waals surface area contributed by atoms with E-state index in [0.29, 0.717) is 11.8 Å². The second kappa shape index (κ2) is 8.49. The zero-order valence-corrected chi connectivity index (χ0v) is 19.0. The first kappa shape index (κ1) is 24.6. The highest BCUT2D eigenvalue weighted by atomic mass is 19.3. The van der Waals surface area contributed by atoms with Gasteiger partial charge in [-0.2, -0.15) is 0 Å². The van der Waals surface area contributed by atoms with Gasteiger partial charge in [0, 0.05) is 17.0 Å². The highest BCUT2D eigenvalue weighted by Crippen LogP contribution is 2.80. The molecule has 2 bridgehead atoms. The van der Waals surface area contributed by atoms with E-state index >= 15 is 8.78 Å². The van der Waals surface area contributed by atoms with Crippen LogP contribution in [-0.4, -0.2) is 60.8 Å². The van der Waals surface area contributed by atoms with Crippen molar-refractivity contribution in [2.75, 3.05) is 13.2 Å². The molecule has 36 heavy (non-hydrogen) atoms. The van der Waals surface area contributed by atoms with Crippen LogP contribution in [0, 0.1) is 17.0 Å². The molecule has 3 fully saturated rings. The number of aromatic nitrogens is 4. The van der Waals surface area contributed by atoms with Crippen LogP contribution >= 0.6 is 0 Å². The minimum absolute atomic E-state index is 0.0666. The van der Waals surface area contributed by atoms with Gasteiger partial charge in [-0.25, -0.2) is 22.2 Å². The number of hydrogen-bond acceptors (Lipinski definition) is 7. The molecule has 0 amide bonds. The number of benzene rings is 2. The van der Waals surface area contributed by atoms with Crippen LogP contribution in [0.1, 0.15) is 30.4 Å². The van der Waals surface area contributed by atoms with Gasteiger partial charge in [-0.1, -0.05) is 12.1 Å². The number of rotatable bonds is 10. The Kier molecular flexibility index (Phi) is 5.80. The van der Waals surface area contributed by atoms with Crippen molar-refractivity contribution in [2.24, 2.45) is 5.41 Å². The molecule has 8 nitrogen and oxygen atoms in total. The van der Waals surface area contributed by atoms with E-state index < -0.39 is 58.8 Å². The Balaban J connectivity index is 1.38. The van der Waals surface area contributed by atoms with Gasteiger partial charge in [0.25, 0.3) is 5.92 Å². The molecule has 3 aliphatic rings. The summed E-state index contributed by atoms with van der Waals surface area (Å²) in [4.78, 5) is 0. The second-order valence-electron chi connectivity index (χ2n) is 9.83. The number of ether oxygens (including phenoxy) is 1. The molecule has 3 saturated carbocycles. The van der Waals surface area contributed by atoms with Crippen molar-refractivity contribution in [2.45, 2.75) is 48.8 Å². The number of tetrazole rings is 1. The van der Waals surface area contributed by atoms with Gasteiger partial charge in [0.2, 0.25) is 0 Å². The van der Waals surface area contributed by atoms with E-state index in [1.807, 2.05) is 0 Å². The Morgan fingerprint density at radius 2 is 1.78 bits per heavy atom. The van der Waals surface area contributed by atoms with Gasteiger partial charge in [-0.05, 0) is 64.9 Å². The average molecular weight is 508 g/mol. The first-order valence-corrected chi connectivity index (χ1v) is 11.3. The molecule has 192 valence electrons. The summed E-state index contributed by atoms with van der Waals surface area (Å²) in [5.41, 5.74) is -5.03. The first-order chi connectivity index (χ1) is 17.0. The number of halogens is 4. The molecule has 3 aliphatic carbocycles. The quantitative estimate of drug-likeness (QED) is 0.360. The fraction of sp³-hybridized carbons (Fsp3) is 0.458. The Labute approximate surface area is 203 Å². The standard InChI is InChI=1S/C24H24F4N4O4/c25-16-3-6-19(20(26)7-16)23(35,13-32-14-29-30-31-32)24(27,28)22-10-21(11-22,12-22)15-1-4-18(5-2-15)36-9-17(34)8-33/h1-7,14,17,33-35H,8-13H2/t17-,21?,22?,23+/m1/s1. The molecule has 0 spiro atoms. The van der Waals surface area contributed by atoms with E-state index in [1.54, 1.807) is 24.3 Å². The summed E-state index contributed by atoms with van der Waals surface area (Å²) in [6.45, 7) is -1.34. The molecule has 0 saturated heterocycles. The predicted octanol–water partition coefficient (Wildman–Crippen LogP) is 2.33. The molecule has 0 aliphatic heterocycles. The lowest BCUT2D eigenvalue weighted by molar-refractivity contribution is -0.347. The average Bonchev–Trinajstić information content (AvgIpc) is 3.29. The summed E-state index contributed by atoms with van der Waals surface area (Å²) in [6.07, 6.45) is 0.225. The van der Waals surface area contributed by atoms with Crippen molar-refractivity contribution in [3.63, 3.8) is 0 Å². The third kappa shape index (κ3) is 3.66. The van der Waals surface area contributed by atoms with Gasteiger partial charge in [0.15, 0.2) is 5.60 Å². The van der Waals surface area contributed by atoms with Crippen LogP contribution in [0.3, 0.4) is 0 Å². The highest BCUT2D eigenvalue weighted by molar-refractivity contribution is 5.44. The monoisotopic (exact) mass is 508 g/mol. The van der Waals surface area contributed by atoms with Crippen LogP contribution in [0.5, 0.6) is 5.75 Å². The summed E-state index contributed by atoms with van der Waals surface area (Å²) in [5, 5.41) is 40.0. The van der Waals surface area contributed by atoms with E-state index in [0.717, 1.165) is 28.7 Å². The Morgan fingerprint density at radius 3 is 2.36 bits per heavy atom. The van der Waals surface area contributed by atoms with E-state index in [4.69, 9.17) is 9.84 Å². The van der Waals surface area contributed by atoms with E-state index in [1.165, 1.54) is 0 Å². The fourth-order valence-corrected chi connectivity index (χ4v) is 5.68. The summed E-state index contributed by atoms with van der Waals surface area (Å²) >= 11 is 0. The Hall–Kier alpha value is -3.09. The summed E-state index contributed by atoms with van der Waals surface area (Å²) < 4.78 is 66.9. The summed E-state index contributed by atoms with van der Waals surface area (Å²) in [5.74, 6) is -5.57. The van der Waals surface area contributed by atoms with Gasteiger partial charge in [-0.3, -0.25) is 0 Å². The molecule has 0 unspecified atom stereocenters. The SMILES string of the molecule is OC[C@@H](O)COc1ccc(C23CC(C(F)(F)[C@](O)(Cn4cnnn4)c4ccc(F)cc4F)(C2)C3)cc1. The molecule has 0 radical (unpaired) electrons. The predicted molar refractivity (Wildman–Crippen MR) is 116 cm³/mol. The number of aliphatic hydroxyl groups excluding tert-OH is 2. The topological polar surface area (TPSA) is 114 Å². The lowest BCUT2D eigenvalue weighted by Gasteiger charge is -2.74. The molecule has 3 aromatic rings. The van der Waals surface area contributed by atoms with Crippen LogP contribution < -0.4 is 4.74 Å². The first-order valence-electron chi connectivity index (χ1n) is 11.3. The maximum Gasteiger partial charge on any atom is 0.287 e. The van der Waals surface area contributed by atoms with Crippen molar-refractivity contribution in [3.05, 3.63) is 71.6 Å². The second-order valence-corrected chi connectivity index (χ2v) is 9.83. The minimum Gasteiger partial charge on any atom is -0.491 e. The third-order valence-corrected chi connectivity index (χ3v) is 7.49. The highest BCUT2D eigenvalue weighted by Gasteiger charge is 2.82. The van der Waals surface area contributed by atoms with Crippen LogP contribution in [0.25, 0.3) is 0 Å². The lowest BCUT2D eigenvalue weighted by atomic mass is 9.30. The Morgan fingerprint density at radius 1 is 1.08 bits per heavy atom. The maximum atomic E-state index is 16.2. The van der Waals surface area contributed by atoms with Gasteiger partial charge < -0.3 is 20.1 Å². The van der Waals surface area contributed by atoms with Crippen LogP contribution in [0.4, 0.5) is 17.6 Å². The minimum atomic E-state index is -3.80. The van der Waals surface area contributed by atoms with Crippen LogP contribution in [0.2, 0.25) is 0 Å². The molecule has 3 N–H and O–H groups in total. The zero-order valence-electron chi connectivity index (χ0n) is 19.0. The van der Waals surface area contributed by atoms with Crippen molar-refractivity contribution >= 4 is 0 Å². The van der Waals surface area contributed by atoms with Crippen molar-refractivity contribution < 1.29 is 37.6 Å². The van der Waals surface area contributed by atoms with Gasteiger partial charge in [0.05, 0.1) is 13.2 Å². The fourth-order valence-electron chi connectivity index (χ4n) is 5.68. The van der Waals surface area contributed by atoms with Crippen molar-refractivity contribution in [1.82, 2.24) is 20.2 Å². The molecule has 1 heterocycles. The van der Waals surface area contributed by atoms with Crippen molar-refractivity contribution in [3.8, 4) is 5.75 Å². The molecule has 2 atom stereocenters. The molecule has 6 rings (SSSR count). The van der Waals surface area contributed by atoms with E-state index in [2.05, 4.69) is 15.5 Å². The molecule has 1 aromatic heterocycles. The summed E-state index contributed by atoms with van der Waals surface area (Å²) in [7, 11) is 0. The lowest BCUT2D eigenvalue weighted by Crippen LogP contribution is -2.76. The molecule has 2 aromatic carbocycles. The van der Waals surface area contributed by atoms with E-state index in [9.17, 15) is 19.0 Å². The number of alkyl halides is 2. The van der Waals surface area contributed by atoms with Gasteiger partial charge in [0.1, 0.15) is 36.4 Å². The molecule has 12 heteroatoms. The smallest absolute Gasteiger partial charge is 0.287 e. The van der Waals surface area contributed by atoms with Gasteiger partial charge >= 0.3 is 0 Å². The van der Waals surface area contributed by atoms with Crippen LogP contribution in [0.15, 0.2) is 48.8 Å². The van der Waals surface area contributed by atoms with Gasteiger partial charge in [-0.15, -0.1) is 5.10 Å². The maximum absolute atomic E-state index is 16.2. The number of hydrogen-bond donors (Lipinski definition) is 3. The summed E-state index contributed by atoms with van der Waals surface area (Å²) in [6, 6.07) is 8.95. The largest absolute Gasteiger partial charge is 0.491 e.